The third kappa shape index (κ3) is 1.62. The van der Waals surface area contributed by atoms with Crippen LogP contribution < -0.4 is 0 Å². The number of halogens is 1. The summed E-state index contributed by atoms with van der Waals surface area (Å²) in [5, 5.41) is 9.86. The Morgan fingerprint density at radius 3 is 3.00 bits per heavy atom. The largest absolute Gasteiger partial charge is 0.382 e. The van der Waals surface area contributed by atoms with Crippen LogP contribution in [0, 0.1) is 0 Å². The van der Waals surface area contributed by atoms with Crippen LogP contribution in [0.2, 0.25) is 0 Å². The zero-order chi connectivity index (χ0) is 10.2. The molecule has 0 amide bonds. The highest BCUT2D eigenvalue weighted by molar-refractivity contribution is 9.10. The zero-order valence-electron chi connectivity index (χ0n) is 7.66. The van der Waals surface area contributed by atoms with E-state index in [1.54, 1.807) is 0 Å². The summed E-state index contributed by atoms with van der Waals surface area (Å²) in [6, 6.07) is 5.97. The maximum atomic E-state index is 10.7. The molecule has 1 aliphatic rings. The van der Waals surface area contributed by atoms with Gasteiger partial charge in [-0.2, -0.15) is 0 Å². The number of aryl methyl sites for hydroxylation is 1. The first-order chi connectivity index (χ1) is 6.64. The molecule has 0 aromatic heterocycles. The number of carbonyl (C=O) groups excluding carboxylic acids is 1. The van der Waals surface area contributed by atoms with Crippen molar-refractivity contribution in [3.63, 3.8) is 0 Å². The van der Waals surface area contributed by atoms with E-state index in [0.717, 1.165) is 16.5 Å². The van der Waals surface area contributed by atoms with Crippen LogP contribution in [0.4, 0.5) is 0 Å². The van der Waals surface area contributed by atoms with E-state index in [-0.39, 0.29) is 0 Å². The van der Waals surface area contributed by atoms with E-state index in [0.29, 0.717) is 19.1 Å². The Hall–Kier alpha value is -0.670. The van der Waals surface area contributed by atoms with Crippen molar-refractivity contribution in [1.82, 2.24) is 0 Å². The second-order valence-corrected chi connectivity index (χ2v) is 4.63. The van der Waals surface area contributed by atoms with E-state index in [4.69, 9.17) is 0 Å². The average molecular weight is 255 g/mol. The summed E-state index contributed by atoms with van der Waals surface area (Å²) in [6.45, 7) is 0. The van der Waals surface area contributed by atoms with E-state index in [2.05, 4.69) is 15.9 Å². The molecule has 0 aliphatic heterocycles. The summed E-state index contributed by atoms with van der Waals surface area (Å²) in [6.07, 6.45) is 2.38. The minimum absolute atomic E-state index is 0.424. The number of hydrogen-bond acceptors (Lipinski definition) is 2. The van der Waals surface area contributed by atoms with Gasteiger partial charge in [0, 0.05) is 10.9 Å². The van der Waals surface area contributed by atoms with Gasteiger partial charge in [0.05, 0.1) is 0 Å². The lowest BCUT2D eigenvalue weighted by molar-refractivity contribution is -0.125. The quantitative estimate of drug-likeness (QED) is 0.778. The predicted molar refractivity (Wildman–Crippen MR) is 57.2 cm³/mol. The monoisotopic (exact) mass is 254 g/mol. The molecule has 2 nitrogen and oxygen atoms in total. The standard InChI is InChI=1S/C11H11BrO2/c12-10-3-1-2-8-4-5-11(14,7-13)6-9(8)10/h1-3,7,14H,4-6H2. The Morgan fingerprint density at radius 1 is 1.50 bits per heavy atom. The van der Waals surface area contributed by atoms with Gasteiger partial charge in [-0.05, 0) is 30.0 Å². The van der Waals surface area contributed by atoms with Gasteiger partial charge in [-0.25, -0.2) is 0 Å². The van der Waals surface area contributed by atoms with Crippen LogP contribution in [0.25, 0.3) is 0 Å². The molecule has 1 N–H and O–H groups in total. The van der Waals surface area contributed by atoms with Crippen molar-refractivity contribution in [3.05, 3.63) is 33.8 Å². The summed E-state index contributed by atoms with van der Waals surface area (Å²) in [5.74, 6) is 0. The van der Waals surface area contributed by atoms with Crippen molar-refractivity contribution in [2.45, 2.75) is 24.9 Å². The molecule has 1 unspecified atom stereocenters. The van der Waals surface area contributed by atoms with Gasteiger partial charge >= 0.3 is 0 Å². The number of carbonyl (C=O) groups is 1. The lowest BCUT2D eigenvalue weighted by Gasteiger charge is -2.29. The third-order valence-corrected chi connectivity index (χ3v) is 3.49. The molecule has 2 rings (SSSR count). The van der Waals surface area contributed by atoms with E-state index < -0.39 is 5.60 Å². The maximum absolute atomic E-state index is 10.7. The SMILES string of the molecule is O=CC1(O)CCc2cccc(Br)c2C1. The molecule has 0 spiro atoms. The van der Waals surface area contributed by atoms with Crippen LogP contribution in [0.15, 0.2) is 22.7 Å². The molecular formula is C11H11BrO2. The van der Waals surface area contributed by atoms with Crippen molar-refractivity contribution >= 4 is 22.2 Å². The summed E-state index contributed by atoms with van der Waals surface area (Å²) in [5.41, 5.74) is 1.14. The molecule has 0 heterocycles. The minimum atomic E-state index is -1.16. The highest BCUT2D eigenvalue weighted by Crippen LogP contribution is 2.32. The number of benzene rings is 1. The normalized spacial score (nSPS) is 25.6. The van der Waals surface area contributed by atoms with E-state index in [1.165, 1.54) is 5.56 Å². The molecule has 0 bridgehead atoms. The van der Waals surface area contributed by atoms with E-state index >= 15 is 0 Å². The highest BCUT2D eigenvalue weighted by atomic mass is 79.9. The molecule has 74 valence electrons. The first kappa shape index (κ1) is 9.87. The second-order valence-electron chi connectivity index (χ2n) is 3.78. The first-order valence-corrected chi connectivity index (χ1v) is 5.39. The molecule has 14 heavy (non-hydrogen) atoms. The van der Waals surface area contributed by atoms with Gasteiger partial charge in [0.1, 0.15) is 5.60 Å². The molecule has 1 aromatic carbocycles. The number of aliphatic hydroxyl groups is 1. The summed E-state index contributed by atoms with van der Waals surface area (Å²) in [7, 11) is 0. The van der Waals surface area contributed by atoms with Crippen molar-refractivity contribution in [3.8, 4) is 0 Å². The third-order valence-electron chi connectivity index (χ3n) is 2.75. The van der Waals surface area contributed by atoms with Gasteiger partial charge in [-0.3, -0.25) is 0 Å². The van der Waals surface area contributed by atoms with Crippen molar-refractivity contribution in [1.29, 1.82) is 0 Å². The maximum Gasteiger partial charge on any atom is 0.151 e. The van der Waals surface area contributed by atoms with Crippen LogP contribution in [-0.4, -0.2) is 17.0 Å². The number of hydrogen-bond donors (Lipinski definition) is 1. The van der Waals surface area contributed by atoms with Gasteiger partial charge in [0.25, 0.3) is 0 Å². The highest BCUT2D eigenvalue weighted by Gasteiger charge is 2.32. The molecule has 0 radical (unpaired) electrons. The smallest absolute Gasteiger partial charge is 0.151 e. The number of aldehydes is 1. The Kier molecular flexibility index (Phi) is 2.45. The molecule has 0 fully saturated rings. The summed E-state index contributed by atoms with van der Waals surface area (Å²) >= 11 is 3.44. The molecule has 1 aromatic rings. The van der Waals surface area contributed by atoms with Gasteiger partial charge < -0.3 is 9.90 Å². The molecular weight excluding hydrogens is 244 g/mol. The fraction of sp³-hybridized carbons (Fsp3) is 0.364. The Balaban J connectivity index is 2.43. The van der Waals surface area contributed by atoms with Crippen LogP contribution >= 0.6 is 15.9 Å². The first-order valence-electron chi connectivity index (χ1n) is 4.60. The van der Waals surface area contributed by atoms with E-state index in [9.17, 15) is 9.90 Å². The van der Waals surface area contributed by atoms with Crippen LogP contribution in [0.3, 0.4) is 0 Å². The van der Waals surface area contributed by atoms with E-state index in [1.807, 2.05) is 18.2 Å². The molecule has 3 heteroatoms. The fourth-order valence-electron chi connectivity index (χ4n) is 1.88. The van der Waals surface area contributed by atoms with Gasteiger partial charge in [-0.15, -0.1) is 0 Å². The fourth-order valence-corrected chi connectivity index (χ4v) is 2.43. The summed E-state index contributed by atoms with van der Waals surface area (Å²) in [4.78, 5) is 10.7. The number of fused-ring (bicyclic) bond motifs is 1. The van der Waals surface area contributed by atoms with Gasteiger partial charge in [-0.1, -0.05) is 28.1 Å². The lowest BCUT2D eigenvalue weighted by atomic mass is 9.81. The van der Waals surface area contributed by atoms with Crippen LogP contribution in [-0.2, 0) is 17.6 Å². The van der Waals surface area contributed by atoms with Crippen molar-refractivity contribution in [2.24, 2.45) is 0 Å². The molecule has 1 aliphatic carbocycles. The average Bonchev–Trinajstić information content (AvgIpc) is 2.20. The molecule has 0 saturated heterocycles. The Bertz CT molecular complexity index is 376. The minimum Gasteiger partial charge on any atom is -0.382 e. The summed E-state index contributed by atoms with van der Waals surface area (Å²) < 4.78 is 0.981. The zero-order valence-corrected chi connectivity index (χ0v) is 9.25. The van der Waals surface area contributed by atoms with Gasteiger partial charge in [0.2, 0.25) is 0 Å². The van der Waals surface area contributed by atoms with Crippen LogP contribution in [0.1, 0.15) is 17.5 Å². The van der Waals surface area contributed by atoms with Crippen molar-refractivity contribution in [2.75, 3.05) is 0 Å². The lowest BCUT2D eigenvalue weighted by Crippen LogP contribution is -2.37. The van der Waals surface area contributed by atoms with Gasteiger partial charge in [0.15, 0.2) is 6.29 Å². The van der Waals surface area contributed by atoms with Crippen molar-refractivity contribution < 1.29 is 9.90 Å². The Labute approximate surface area is 91.1 Å². The predicted octanol–water partition coefficient (Wildman–Crippen LogP) is 1.87. The van der Waals surface area contributed by atoms with Crippen LogP contribution in [0.5, 0.6) is 0 Å². The number of rotatable bonds is 1. The Morgan fingerprint density at radius 2 is 2.29 bits per heavy atom. The molecule has 0 saturated carbocycles. The second kappa shape index (κ2) is 3.48. The molecule has 1 atom stereocenters. The topological polar surface area (TPSA) is 37.3 Å².